The maximum Gasteiger partial charge on any atom is 0.158 e. The zero-order chi connectivity index (χ0) is 11.6. The molecule has 0 fully saturated rings. The van der Waals surface area contributed by atoms with Crippen LogP contribution in [0.25, 0.3) is 0 Å². The largest absolute Gasteiger partial charge is 0.385 e. The second kappa shape index (κ2) is 4.31. The molecule has 0 aromatic rings. The molecular weight excluding hydrogens is 188 g/mol. The average Bonchev–Trinajstić information content (AvgIpc) is 2.10. The molecular formula is C13H20O2. The Hall–Kier alpha value is -0.890. The van der Waals surface area contributed by atoms with E-state index < -0.39 is 6.10 Å². The van der Waals surface area contributed by atoms with E-state index in [9.17, 15) is 9.90 Å². The molecule has 0 aromatic heterocycles. The molecule has 0 heterocycles. The van der Waals surface area contributed by atoms with Crippen molar-refractivity contribution in [1.29, 1.82) is 0 Å². The number of carbonyl (C=O) groups excluding carboxylic acids is 1. The van der Waals surface area contributed by atoms with Gasteiger partial charge in [0.05, 0.1) is 0 Å². The molecule has 0 spiro atoms. The van der Waals surface area contributed by atoms with Gasteiger partial charge in [-0.2, -0.15) is 0 Å². The number of allylic oxidation sites excluding steroid dienone is 3. The van der Waals surface area contributed by atoms with Crippen molar-refractivity contribution in [3.05, 3.63) is 23.3 Å². The van der Waals surface area contributed by atoms with Gasteiger partial charge in [-0.05, 0) is 25.7 Å². The maximum absolute atomic E-state index is 11.0. The Bertz CT molecular complexity index is 321. The van der Waals surface area contributed by atoms with Crippen molar-refractivity contribution in [2.24, 2.45) is 5.41 Å². The Morgan fingerprint density at radius 1 is 1.60 bits per heavy atom. The Kier molecular flexibility index (Phi) is 3.50. The molecule has 15 heavy (non-hydrogen) atoms. The molecule has 0 aromatic carbocycles. The molecule has 0 saturated heterocycles. The maximum atomic E-state index is 11.0. The lowest BCUT2D eigenvalue weighted by atomic mass is 9.73. The molecule has 1 N–H and O–H groups in total. The van der Waals surface area contributed by atoms with Gasteiger partial charge in [0.25, 0.3) is 0 Å². The summed E-state index contributed by atoms with van der Waals surface area (Å²) in [5.41, 5.74) is 2.45. The van der Waals surface area contributed by atoms with Crippen molar-refractivity contribution in [3.63, 3.8) is 0 Å². The molecule has 0 aliphatic heterocycles. The molecule has 1 unspecified atom stereocenters. The summed E-state index contributed by atoms with van der Waals surface area (Å²) in [6.07, 6.45) is 4.83. The summed E-state index contributed by atoms with van der Waals surface area (Å²) in [4.78, 5) is 11.0. The number of Topliss-reactive ketones (excluding diaryl/α,β-unsaturated/α-hetero) is 1. The van der Waals surface area contributed by atoms with Gasteiger partial charge in [-0.15, -0.1) is 0 Å². The first-order valence-corrected chi connectivity index (χ1v) is 5.40. The molecule has 0 radical (unpaired) electrons. The normalized spacial score (nSPS) is 21.7. The summed E-state index contributed by atoms with van der Waals surface area (Å²) in [6, 6.07) is 0. The van der Waals surface area contributed by atoms with Gasteiger partial charge in [-0.1, -0.05) is 37.1 Å². The fraction of sp³-hybridized carbons (Fsp3) is 0.615. The Morgan fingerprint density at radius 3 is 2.67 bits per heavy atom. The van der Waals surface area contributed by atoms with Crippen LogP contribution in [-0.2, 0) is 4.79 Å². The van der Waals surface area contributed by atoms with Crippen molar-refractivity contribution in [1.82, 2.24) is 0 Å². The minimum Gasteiger partial charge on any atom is -0.385 e. The van der Waals surface area contributed by atoms with E-state index in [0.717, 1.165) is 6.42 Å². The molecule has 84 valence electrons. The number of carbonyl (C=O) groups is 1. The van der Waals surface area contributed by atoms with Crippen LogP contribution in [0, 0.1) is 5.41 Å². The molecule has 1 rings (SSSR count). The Morgan fingerprint density at radius 2 is 2.20 bits per heavy atom. The van der Waals surface area contributed by atoms with Gasteiger partial charge in [-0.3, -0.25) is 4.79 Å². The summed E-state index contributed by atoms with van der Waals surface area (Å²) in [6.45, 7) is 7.79. The van der Waals surface area contributed by atoms with Crippen LogP contribution in [0.2, 0.25) is 0 Å². The van der Waals surface area contributed by atoms with E-state index in [1.54, 1.807) is 0 Å². The fourth-order valence-corrected chi connectivity index (χ4v) is 2.06. The smallest absolute Gasteiger partial charge is 0.158 e. The third-order valence-electron chi connectivity index (χ3n) is 3.16. The third kappa shape index (κ3) is 2.78. The van der Waals surface area contributed by atoms with Gasteiger partial charge in [0.1, 0.15) is 6.10 Å². The lowest BCUT2D eigenvalue weighted by molar-refractivity contribution is -0.124. The monoisotopic (exact) mass is 208 g/mol. The van der Waals surface area contributed by atoms with Gasteiger partial charge in [0.2, 0.25) is 0 Å². The van der Waals surface area contributed by atoms with Gasteiger partial charge < -0.3 is 5.11 Å². The molecule has 0 amide bonds. The van der Waals surface area contributed by atoms with Crippen LogP contribution < -0.4 is 0 Å². The highest BCUT2D eigenvalue weighted by Crippen LogP contribution is 2.39. The number of aliphatic hydroxyl groups is 1. The second-order valence-corrected chi connectivity index (χ2v) is 4.98. The number of aliphatic hydroxyl groups excluding tert-OH is 1. The molecule has 2 nitrogen and oxygen atoms in total. The highest BCUT2D eigenvalue weighted by Gasteiger charge is 2.28. The number of hydrogen-bond donors (Lipinski definition) is 1. The van der Waals surface area contributed by atoms with Crippen LogP contribution in [0.5, 0.6) is 0 Å². The van der Waals surface area contributed by atoms with Gasteiger partial charge >= 0.3 is 0 Å². The molecule has 2 heteroatoms. The predicted octanol–water partition coefficient (Wildman–Crippen LogP) is 2.63. The Balaban J connectivity index is 2.90. The van der Waals surface area contributed by atoms with Crippen molar-refractivity contribution >= 4 is 5.78 Å². The van der Waals surface area contributed by atoms with Crippen LogP contribution in [0.3, 0.4) is 0 Å². The first-order valence-electron chi connectivity index (χ1n) is 5.40. The summed E-state index contributed by atoms with van der Waals surface area (Å²) >= 11 is 0. The standard InChI is InChI=1S/C13H20O2/c1-9-6-5-7-13(3,4)11(9)8-12(15)10(2)14/h5-6,12,15H,7-8H2,1-4H3. The van der Waals surface area contributed by atoms with E-state index in [1.165, 1.54) is 18.1 Å². The van der Waals surface area contributed by atoms with Crippen LogP contribution in [0.1, 0.15) is 40.5 Å². The van der Waals surface area contributed by atoms with E-state index in [1.807, 2.05) is 6.92 Å². The van der Waals surface area contributed by atoms with Crippen molar-refractivity contribution in [2.75, 3.05) is 0 Å². The zero-order valence-corrected chi connectivity index (χ0v) is 10.0. The second-order valence-electron chi connectivity index (χ2n) is 4.98. The van der Waals surface area contributed by atoms with Crippen LogP contribution in [0.4, 0.5) is 0 Å². The molecule has 0 saturated carbocycles. The lowest BCUT2D eigenvalue weighted by Crippen LogP contribution is -2.25. The van der Waals surface area contributed by atoms with E-state index >= 15 is 0 Å². The third-order valence-corrected chi connectivity index (χ3v) is 3.16. The number of ketones is 1. The summed E-state index contributed by atoms with van der Waals surface area (Å²) in [5, 5.41) is 9.62. The molecule has 1 aliphatic carbocycles. The Labute approximate surface area is 91.7 Å². The minimum atomic E-state index is -0.847. The number of rotatable bonds is 3. The van der Waals surface area contributed by atoms with Crippen LogP contribution >= 0.6 is 0 Å². The summed E-state index contributed by atoms with van der Waals surface area (Å²) < 4.78 is 0. The average molecular weight is 208 g/mol. The quantitative estimate of drug-likeness (QED) is 0.774. The first-order chi connectivity index (χ1) is 6.84. The molecule has 1 aliphatic rings. The van der Waals surface area contributed by atoms with Gasteiger partial charge in [0, 0.05) is 6.42 Å². The topological polar surface area (TPSA) is 37.3 Å². The van der Waals surface area contributed by atoms with E-state index in [-0.39, 0.29) is 11.2 Å². The van der Waals surface area contributed by atoms with Gasteiger partial charge in [-0.25, -0.2) is 0 Å². The number of hydrogen-bond acceptors (Lipinski definition) is 2. The van der Waals surface area contributed by atoms with E-state index in [0.29, 0.717) is 6.42 Å². The molecule has 1 atom stereocenters. The summed E-state index contributed by atoms with van der Waals surface area (Å²) in [7, 11) is 0. The van der Waals surface area contributed by atoms with E-state index in [2.05, 4.69) is 26.0 Å². The van der Waals surface area contributed by atoms with Crippen LogP contribution in [-0.4, -0.2) is 17.0 Å². The zero-order valence-electron chi connectivity index (χ0n) is 10.0. The minimum absolute atomic E-state index is 0.0647. The van der Waals surface area contributed by atoms with Crippen LogP contribution in [0.15, 0.2) is 23.3 Å². The highest BCUT2D eigenvalue weighted by atomic mass is 16.3. The molecule has 0 bridgehead atoms. The SMILES string of the molecule is CC(=O)C(O)CC1=C(C)C=CCC1(C)C. The predicted molar refractivity (Wildman–Crippen MR) is 61.5 cm³/mol. The first kappa shape index (κ1) is 12.2. The highest BCUT2D eigenvalue weighted by molar-refractivity contribution is 5.80. The van der Waals surface area contributed by atoms with Crippen molar-refractivity contribution in [3.8, 4) is 0 Å². The van der Waals surface area contributed by atoms with E-state index in [4.69, 9.17) is 0 Å². The van der Waals surface area contributed by atoms with Crippen molar-refractivity contribution in [2.45, 2.75) is 46.6 Å². The van der Waals surface area contributed by atoms with Crippen molar-refractivity contribution < 1.29 is 9.90 Å². The summed E-state index contributed by atoms with van der Waals surface area (Å²) in [5.74, 6) is -0.152. The fourth-order valence-electron chi connectivity index (χ4n) is 2.06. The van der Waals surface area contributed by atoms with Gasteiger partial charge in [0.15, 0.2) is 5.78 Å². The lowest BCUT2D eigenvalue weighted by Gasteiger charge is -2.32.